The van der Waals surface area contributed by atoms with Gasteiger partial charge >= 0.3 is 0 Å². The first-order valence-electron chi connectivity index (χ1n) is 12.7. The average Bonchev–Trinajstić information content (AvgIpc) is 3.10. The molecule has 5 heteroatoms. The van der Waals surface area contributed by atoms with Gasteiger partial charge in [0.05, 0.1) is 18.2 Å². The lowest BCUT2D eigenvalue weighted by Crippen LogP contribution is -2.29. The molecule has 1 N–H and O–H groups in total. The van der Waals surface area contributed by atoms with Gasteiger partial charge in [-0.2, -0.15) is 0 Å². The van der Waals surface area contributed by atoms with Crippen molar-refractivity contribution >= 4 is 17.4 Å². The average molecular weight is 498 g/mol. The van der Waals surface area contributed by atoms with Crippen LogP contribution in [-0.4, -0.2) is 28.3 Å². The van der Waals surface area contributed by atoms with Gasteiger partial charge in [-0.25, -0.2) is 0 Å². The van der Waals surface area contributed by atoms with E-state index in [-0.39, 0.29) is 23.3 Å². The fourth-order valence-corrected chi connectivity index (χ4v) is 4.79. The van der Waals surface area contributed by atoms with Crippen molar-refractivity contribution in [2.75, 3.05) is 6.61 Å². The van der Waals surface area contributed by atoms with Gasteiger partial charge in [-0.1, -0.05) is 74.9 Å². The van der Waals surface area contributed by atoms with E-state index in [1.165, 1.54) is 0 Å². The van der Waals surface area contributed by atoms with Crippen molar-refractivity contribution in [2.24, 2.45) is 0 Å². The van der Waals surface area contributed by atoms with E-state index in [9.17, 15) is 14.7 Å². The maximum Gasteiger partial charge on any atom is 0.295 e. The Kier molecular flexibility index (Phi) is 7.26. The first-order valence-corrected chi connectivity index (χ1v) is 12.7. The standard InChI is InChI=1S/C32H35NO4/c1-7-37-25-10-8-9-22(18-25)19-33-28(23-13-15-24(16-14-23)32(4,5)6)27(30(35)31(33)36)29(34)26-17-20(2)11-12-21(26)3/h8-18,28,34H,7,19H2,1-6H3/b29-27+. The molecule has 1 heterocycles. The molecule has 5 nitrogen and oxygen atoms in total. The van der Waals surface area contributed by atoms with Crippen molar-refractivity contribution < 1.29 is 19.4 Å². The number of likely N-dealkylation sites (tertiary alicyclic amines) is 1. The summed E-state index contributed by atoms with van der Waals surface area (Å²) >= 11 is 0. The third-order valence-electron chi connectivity index (χ3n) is 6.84. The van der Waals surface area contributed by atoms with Crippen LogP contribution in [0.3, 0.4) is 0 Å². The summed E-state index contributed by atoms with van der Waals surface area (Å²) in [6.07, 6.45) is 0. The predicted molar refractivity (Wildman–Crippen MR) is 147 cm³/mol. The summed E-state index contributed by atoms with van der Waals surface area (Å²) in [6, 6.07) is 20.5. The third-order valence-corrected chi connectivity index (χ3v) is 6.84. The summed E-state index contributed by atoms with van der Waals surface area (Å²) in [7, 11) is 0. The second kappa shape index (κ2) is 10.3. The zero-order valence-corrected chi connectivity index (χ0v) is 22.5. The van der Waals surface area contributed by atoms with Gasteiger partial charge in [-0.05, 0) is 66.6 Å². The minimum atomic E-state index is -0.718. The number of Topliss-reactive ketones (excluding diaryl/α,β-unsaturated/α-hetero) is 1. The fraction of sp³-hybridized carbons (Fsp3) is 0.312. The number of ketones is 1. The molecule has 1 amide bonds. The molecule has 0 aliphatic carbocycles. The molecule has 1 aliphatic heterocycles. The predicted octanol–water partition coefficient (Wildman–Crippen LogP) is 6.62. The van der Waals surface area contributed by atoms with Crippen LogP contribution in [0.25, 0.3) is 5.76 Å². The Labute approximate surface area is 219 Å². The minimum absolute atomic E-state index is 0.0429. The van der Waals surface area contributed by atoms with E-state index in [0.717, 1.165) is 27.8 Å². The Bertz CT molecular complexity index is 1360. The van der Waals surface area contributed by atoms with Gasteiger partial charge in [0.1, 0.15) is 11.5 Å². The third kappa shape index (κ3) is 5.31. The van der Waals surface area contributed by atoms with E-state index in [4.69, 9.17) is 4.74 Å². The van der Waals surface area contributed by atoms with Gasteiger partial charge in [0, 0.05) is 12.1 Å². The van der Waals surface area contributed by atoms with E-state index in [2.05, 4.69) is 20.8 Å². The van der Waals surface area contributed by atoms with Crippen LogP contribution in [0.5, 0.6) is 5.75 Å². The van der Waals surface area contributed by atoms with Gasteiger partial charge in [0.25, 0.3) is 11.7 Å². The maximum atomic E-state index is 13.5. The first-order chi connectivity index (χ1) is 17.5. The van der Waals surface area contributed by atoms with Crippen LogP contribution in [0.2, 0.25) is 0 Å². The maximum absolute atomic E-state index is 13.5. The fourth-order valence-electron chi connectivity index (χ4n) is 4.79. The highest BCUT2D eigenvalue weighted by atomic mass is 16.5. The molecule has 0 radical (unpaired) electrons. The van der Waals surface area contributed by atoms with Crippen LogP contribution in [-0.2, 0) is 21.5 Å². The SMILES string of the molecule is CCOc1cccc(CN2C(=O)C(=O)/C(=C(/O)c3cc(C)ccc3C)C2c2ccc(C(C)(C)C)cc2)c1. The number of aryl methyl sites for hydroxylation is 2. The van der Waals surface area contributed by atoms with Crippen molar-refractivity contribution in [2.45, 2.75) is 59.5 Å². The molecule has 192 valence electrons. The number of hydrogen-bond acceptors (Lipinski definition) is 4. The number of benzene rings is 3. The Morgan fingerprint density at radius 1 is 0.973 bits per heavy atom. The summed E-state index contributed by atoms with van der Waals surface area (Å²) in [5.74, 6) is -0.740. The van der Waals surface area contributed by atoms with Gasteiger partial charge in [-0.3, -0.25) is 9.59 Å². The summed E-state index contributed by atoms with van der Waals surface area (Å²) in [6.45, 7) is 12.9. The molecule has 1 fully saturated rings. The zero-order chi connectivity index (χ0) is 26.9. The zero-order valence-electron chi connectivity index (χ0n) is 22.5. The van der Waals surface area contributed by atoms with Crippen LogP contribution in [0.15, 0.2) is 72.3 Å². The Morgan fingerprint density at radius 2 is 1.68 bits per heavy atom. The molecule has 1 atom stereocenters. The number of hydrogen-bond donors (Lipinski definition) is 1. The van der Waals surface area contributed by atoms with Crippen LogP contribution >= 0.6 is 0 Å². The van der Waals surface area contributed by atoms with Crippen molar-refractivity contribution in [3.63, 3.8) is 0 Å². The van der Waals surface area contributed by atoms with Crippen LogP contribution < -0.4 is 4.74 Å². The number of aliphatic hydroxyl groups excluding tert-OH is 1. The van der Waals surface area contributed by atoms with E-state index >= 15 is 0 Å². The number of nitrogens with zero attached hydrogens (tertiary/aromatic N) is 1. The van der Waals surface area contributed by atoms with Crippen LogP contribution in [0, 0.1) is 13.8 Å². The summed E-state index contributed by atoms with van der Waals surface area (Å²) in [5, 5.41) is 11.5. The van der Waals surface area contributed by atoms with E-state index in [1.807, 2.05) is 87.5 Å². The van der Waals surface area contributed by atoms with Crippen molar-refractivity contribution in [1.29, 1.82) is 0 Å². The largest absolute Gasteiger partial charge is 0.507 e. The van der Waals surface area contributed by atoms with Gasteiger partial charge < -0.3 is 14.7 Å². The van der Waals surface area contributed by atoms with Gasteiger partial charge in [-0.15, -0.1) is 0 Å². The number of aliphatic hydroxyl groups is 1. The number of ether oxygens (including phenoxy) is 1. The molecule has 4 rings (SSSR count). The second-order valence-electron chi connectivity index (χ2n) is 10.7. The molecule has 1 saturated heterocycles. The highest BCUT2D eigenvalue weighted by Crippen LogP contribution is 2.41. The minimum Gasteiger partial charge on any atom is -0.507 e. The summed E-state index contributed by atoms with van der Waals surface area (Å²) < 4.78 is 5.64. The first kappa shape index (κ1) is 26.2. The number of carbonyl (C=O) groups excluding carboxylic acids is 2. The smallest absolute Gasteiger partial charge is 0.295 e. The Hall–Kier alpha value is -3.86. The molecule has 1 unspecified atom stereocenters. The van der Waals surface area contributed by atoms with E-state index in [0.29, 0.717) is 17.9 Å². The molecule has 0 aromatic heterocycles. The molecule has 3 aromatic rings. The molecular formula is C32H35NO4. The molecule has 3 aromatic carbocycles. The van der Waals surface area contributed by atoms with Crippen LogP contribution in [0.1, 0.15) is 67.1 Å². The van der Waals surface area contributed by atoms with Gasteiger partial charge in [0.15, 0.2) is 0 Å². The van der Waals surface area contributed by atoms with Crippen molar-refractivity contribution in [1.82, 2.24) is 4.90 Å². The lowest BCUT2D eigenvalue weighted by atomic mass is 9.85. The molecule has 1 aliphatic rings. The molecule has 0 bridgehead atoms. The molecular weight excluding hydrogens is 462 g/mol. The highest BCUT2D eigenvalue weighted by Gasteiger charge is 2.46. The Balaban J connectivity index is 1.86. The van der Waals surface area contributed by atoms with Crippen LogP contribution in [0.4, 0.5) is 0 Å². The summed E-state index contributed by atoms with van der Waals surface area (Å²) in [5.41, 5.74) is 5.19. The number of amides is 1. The van der Waals surface area contributed by atoms with E-state index < -0.39 is 17.7 Å². The highest BCUT2D eigenvalue weighted by molar-refractivity contribution is 6.46. The normalized spacial score (nSPS) is 17.4. The molecule has 0 saturated carbocycles. The number of carbonyl (C=O) groups is 2. The summed E-state index contributed by atoms with van der Waals surface area (Å²) in [4.78, 5) is 28.4. The molecule has 0 spiro atoms. The van der Waals surface area contributed by atoms with E-state index in [1.54, 1.807) is 4.90 Å². The Morgan fingerprint density at radius 3 is 2.32 bits per heavy atom. The lowest BCUT2D eigenvalue weighted by molar-refractivity contribution is -0.140. The second-order valence-corrected chi connectivity index (χ2v) is 10.7. The quantitative estimate of drug-likeness (QED) is 0.236. The van der Waals surface area contributed by atoms with Crippen molar-refractivity contribution in [3.05, 3.63) is 106 Å². The topological polar surface area (TPSA) is 66.8 Å². The monoisotopic (exact) mass is 497 g/mol. The van der Waals surface area contributed by atoms with Gasteiger partial charge in [0.2, 0.25) is 0 Å². The lowest BCUT2D eigenvalue weighted by Gasteiger charge is -2.27. The van der Waals surface area contributed by atoms with Crippen molar-refractivity contribution in [3.8, 4) is 5.75 Å². The number of rotatable bonds is 6. The molecule has 37 heavy (non-hydrogen) atoms.